The molecular formula is C13H15N3O3S. The molecule has 1 aromatic heterocycles. The Kier molecular flexibility index (Phi) is 5.57. The van der Waals surface area contributed by atoms with Crippen molar-refractivity contribution in [2.45, 2.75) is 11.8 Å². The molecule has 0 unspecified atom stereocenters. The van der Waals surface area contributed by atoms with Crippen molar-refractivity contribution in [1.29, 1.82) is 0 Å². The number of hydrogen-bond donors (Lipinski definition) is 1. The van der Waals surface area contributed by atoms with Gasteiger partial charge in [0.1, 0.15) is 0 Å². The molecule has 106 valence electrons. The summed E-state index contributed by atoms with van der Waals surface area (Å²) in [5.74, 6) is 0.959. The molecule has 1 aromatic carbocycles. The molecule has 0 saturated heterocycles. The average molecular weight is 293 g/mol. The largest absolute Gasteiger partial charge is 0.414 e. The summed E-state index contributed by atoms with van der Waals surface area (Å²) in [5, 5.41) is 11.0. The van der Waals surface area contributed by atoms with Crippen molar-refractivity contribution < 1.29 is 13.9 Å². The van der Waals surface area contributed by atoms with Gasteiger partial charge in [0.15, 0.2) is 0 Å². The number of thioether (sulfide) groups is 1. The molecule has 1 heterocycles. The standard InChI is InChI=1S/C13H15N3O3S/c1-18-7-8-20-13-16-15-11(19-13)9-14-12(17)10-5-3-2-4-6-10/h2-6H,7-9H2,1H3,(H,14,17). The highest BCUT2D eigenvalue weighted by Crippen LogP contribution is 2.15. The van der Waals surface area contributed by atoms with Crippen LogP contribution in [0.4, 0.5) is 0 Å². The lowest BCUT2D eigenvalue weighted by Gasteiger charge is -2.01. The molecule has 0 radical (unpaired) electrons. The molecule has 0 saturated carbocycles. The third kappa shape index (κ3) is 4.36. The summed E-state index contributed by atoms with van der Waals surface area (Å²) in [5.41, 5.74) is 0.599. The van der Waals surface area contributed by atoms with Gasteiger partial charge in [0.05, 0.1) is 13.2 Å². The quantitative estimate of drug-likeness (QED) is 0.619. The van der Waals surface area contributed by atoms with Gasteiger partial charge in [-0.15, -0.1) is 10.2 Å². The summed E-state index contributed by atoms with van der Waals surface area (Å²) < 4.78 is 10.3. The van der Waals surface area contributed by atoms with E-state index >= 15 is 0 Å². The van der Waals surface area contributed by atoms with Crippen molar-refractivity contribution >= 4 is 17.7 Å². The summed E-state index contributed by atoms with van der Waals surface area (Å²) in [6.45, 7) is 0.832. The predicted molar refractivity (Wildman–Crippen MR) is 74.5 cm³/mol. The molecular weight excluding hydrogens is 278 g/mol. The van der Waals surface area contributed by atoms with Crippen molar-refractivity contribution in [3.8, 4) is 0 Å². The van der Waals surface area contributed by atoms with Crippen molar-refractivity contribution in [1.82, 2.24) is 15.5 Å². The highest BCUT2D eigenvalue weighted by Gasteiger charge is 2.09. The smallest absolute Gasteiger partial charge is 0.276 e. The fraction of sp³-hybridized carbons (Fsp3) is 0.308. The Balaban J connectivity index is 1.81. The molecule has 7 heteroatoms. The fourth-order valence-electron chi connectivity index (χ4n) is 1.43. The summed E-state index contributed by atoms with van der Waals surface area (Å²) in [6.07, 6.45) is 0. The molecule has 0 aliphatic heterocycles. The van der Waals surface area contributed by atoms with Gasteiger partial charge in [0.25, 0.3) is 11.1 Å². The van der Waals surface area contributed by atoms with Crippen LogP contribution in [0.3, 0.4) is 0 Å². The van der Waals surface area contributed by atoms with E-state index in [0.717, 1.165) is 5.75 Å². The van der Waals surface area contributed by atoms with Crippen molar-refractivity contribution in [2.75, 3.05) is 19.5 Å². The van der Waals surface area contributed by atoms with Crippen molar-refractivity contribution in [3.63, 3.8) is 0 Å². The Hall–Kier alpha value is -1.86. The lowest BCUT2D eigenvalue weighted by atomic mass is 10.2. The van der Waals surface area contributed by atoms with Crippen LogP contribution in [0.2, 0.25) is 0 Å². The van der Waals surface area contributed by atoms with Crippen LogP contribution in [0.5, 0.6) is 0 Å². The summed E-state index contributed by atoms with van der Waals surface area (Å²) >= 11 is 1.42. The summed E-state index contributed by atoms with van der Waals surface area (Å²) in [4.78, 5) is 11.8. The van der Waals surface area contributed by atoms with E-state index in [1.165, 1.54) is 11.8 Å². The third-order valence-electron chi connectivity index (χ3n) is 2.40. The number of benzene rings is 1. The Morgan fingerprint density at radius 2 is 2.15 bits per heavy atom. The molecule has 0 spiro atoms. The molecule has 0 fully saturated rings. The molecule has 2 aromatic rings. The molecule has 1 amide bonds. The lowest BCUT2D eigenvalue weighted by molar-refractivity contribution is 0.0946. The first-order valence-corrected chi connectivity index (χ1v) is 7.05. The van der Waals surface area contributed by atoms with E-state index in [4.69, 9.17) is 9.15 Å². The van der Waals surface area contributed by atoms with Gasteiger partial charge in [-0.05, 0) is 12.1 Å². The number of carbonyl (C=O) groups is 1. The van der Waals surface area contributed by atoms with Crippen LogP contribution in [0.1, 0.15) is 16.2 Å². The highest BCUT2D eigenvalue weighted by atomic mass is 32.2. The van der Waals surface area contributed by atoms with E-state index in [0.29, 0.717) is 23.3 Å². The number of nitrogens with one attached hydrogen (secondary N) is 1. The maximum absolute atomic E-state index is 11.8. The first-order chi connectivity index (χ1) is 9.79. The highest BCUT2D eigenvalue weighted by molar-refractivity contribution is 7.99. The number of carbonyl (C=O) groups excluding carboxylic acids is 1. The van der Waals surface area contributed by atoms with E-state index in [2.05, 4.69) is 15.5 Å². The lowest BCUT2D eigenvalue weighted by Crippen LogP contribution is -2.22. The maximum Gasteiger partial charge on any atom is 0.276 e. The SMILES string of the molecule is COCCSc1nnc(CNC(=O)c2ccccc2)o1. The van der Waals surface area contributed by atoms with Gasteiger partial charge in [-0.1, -0.05) is 30.0 Å². The second-order valence-electron chi connectivity index (χ2n) is 3.85. The van der Waals surface area contributed by atoms with Gasteiger partial charge >= 0.3 is 0 Å². The van der Waals surface area contributed by atoms with Crippen LogP contribution in [0.25, 0.3) is 0 Å². The Labute approximate surface area is 120 Å². The second kappa shape index (κ2) is 7.66. The third-order valence-corrected chi connectivity index (χ3v) is 3.18. The topological polar surface area (TPSA) is 77.3 Å². The fourth-order valence-corrected chi connectivity index (χ4v) is 2.11. The first-order valence-electron chi connectivity index (χ1n) is 6.07. The van der Waals surface area contributed by atoms with Crippen LogP contribution < -0.4 is 5.32 Å². The zero-order valence-corrected chi connectivity index (χ0v) is 11.9. The Morgan fingerprint density at radius 3 is 2.90 bits per heavy atom. The minimum absolute atomic E-state index is 0.169. The van der Waals surface area contributed by atoms with E-state index < -0.39 is 0 Å². The number of hydrogen-bond acceptors (Lipinski definition) is 6. The predicted octanol–water partition coefficient (Wildman–Crippen LogP) is 1.74. The molecule has 0 bridgehead atoms. The number of methoxy groups -OCH3 is 1. The zero-order valence-electron chi connectivity index (χ0n) is 11.0. The van der Waals surface area contributed by atoms with Crippen LogP contribution in [0, 0.1) is 0 Å². The molecule has 6 nitrogen and oxygen atoms in total. The van der Waals surface area contributed by atoms with Gasteiger partial charge in [-0.25, -0.2) is 0 Å². The number of ether oxygens (including phenoxy) is 1. The van der Waals surface area contributed by atoms with Crippen LogP contribution in [-0.2, 0) is 11.3 Å². The minimum atomic E-state index is -0.169. The molecule has 0 atom stereocenters. The first kappa shape index (κ1) is 14.5. The van der Waals surface area contributed by atoms with Gasteiger partial charge in [0.2, 0.25) is 5.89 Å². The zero-order chi connectivity index (χ0) is 14.2. The van der Waals surface area contributed by atoms with Crippen LogP contribution in [-0.4, -0.2) is 35.6 Å². The number of nitrogens with zero attached hydrogens (tertiary/aromatic N) is 2. The molecule has 0 aliphatic carbocycles. The Morgan fingerprint density at radius 1 is 1.35 bits per heavy atom. The minimum Gasteiger partial charge on any atom is -0.414 e. The van der Waals surface area contributed by atoms with Gasteiger partial charge < -0.3 is 14.5 Å². The summed E-state index contributed by atoms with van der Waals surface area (Å²) in [7, 11) is 1.64. The van der Waals surface area contributed by atoms with Crippen LogP contribution >= 0.6 is 11.8 Å². The van der Waals surface area contributed by atoms with E-state index in [9.17, 15) is 4.79 Å². The number of amides is 1. The van der Waals surface area contributed by atoms with Gasteiger partial charge in [0, 0.05) is 18.4 Å². The van der Waals surface area contributed by atoms with E-state index in [-0.39, 0.29) is 12.5 Å². The number of rotatable bonds is 7. The van der Waals surface area contributed by atoms with Gasteiger partial charge in [-0.2, -0.15) is 0 Å². The van der Waals surface area contributed by atoms with E-state index in [1.54, 1.807) is 19.2 Å². The molecule has 1 N–H and O–H groups in total. The second-order valence-corrected chi connectivity index (χ2v) is 4.90. The summed E-state index contributed by atoms with van der Waals surface area (Å²) in [6, 6.07) is 8.97. The number of aromatic nitrogens is 2. The molecule has 2 rings (SSSR count). The average Bonchev–Trinajstić information content (AvgIpc) is 2.94. The normalized spacial score (nSPS) is 10.4. The monoisotopic (exact) mass is 293 g/mol. The molecule has 0 aliphatic rings. The maximum atomic E-state index is 11.8. The van der Waals surface area contributed by atoms with Crippen molar-refractivity contribution in [3.05, 3.63) is 41.8 Å². The molecule has 20 heavy (non-hydrogen) atoms. The van der Waals surface area contributed by atoms with E-state index in [1.807, 2.05) is 18.2 Å². The Bertz CT molecular complexity index is 545. The van der Waals surface area contributed by atoms with Gasteiger partial charge in [-0.3, -0.25) is 4.79 Å². The van der Waals surface area contributed by atoms with Crippen LogP contribution in [0.15, 0.2) is 40.0 Å². The van der Waals surface area contributed by atoms with Crippen molar-refractivity contribution in [2.24, 2.45) is 0 Å².